The number of carbonyl (C=O) groups excluding carboxylic acids is 1. The van der Waals surface area contributed by atoms with Gasteiger partial charge in [-0.25, -0.2) is 4.79 Å². The SMILES string of the molecule is O=C(O)CN(CC1CCO1)C(=O)OCC1c2ccccc2-c2ccccc21. The van der Waals surface area contributed by atoms with E-state index < -0.39 is 18.6 Å². The van der Waals surface area contributed by atoms with Crippen molar-refractivity contribution < 1.29 is 24.2 Å². The fraction of sp³-hybridized carbons (Fsp3) is 0.333. The van der Waals surface area contributed by atoms with E-state index in [1.807, 2.05) is 36.4 Å². The number of carboxylic acids is 1. The molecule has 1 saturated heterocycles. The molecule has 1 N–H and O–H groups in total. The maximum absolute atomic E-state index is 12.5. The summed E-state index contributed by atoms with van der Waals surface area (Å²) in [5, 5.41) is 9.09. The van der Waals surface area contributed by atoms with E-state index in [0.29, 0.717) is 6.61 Å². The summed E-state index contributed by atoms with van der Waals surface area (Å²) in [6.07, 6.45) is 0.104. The third-order valence-electron chi connectivity index (χ3n) is 5.14. The van der Waals surface area contributed by atoms with Gasteiger partial charge in [0.05, 0.1) is 12.6 Å². The number of amides is 1. The monoisotopic (exact) mass is 367 g/mol. The molecule has 0 aromatic heterocycles. The average molecular weight is 367 g/mol. The topological polar surface area (TPSA) is 76.1 Å². The molecule has 1 aliphatic heterocycles. The van der Waals surface area contributed by atoms with E-state index in [2.05, 4.69) is 12.1 Å². The standard InChI is InChI=1S/C21H21NO5/c23-20(24)12-22(11-14-9-10-26-14)21(25)27-13-19-17-7-3-1-5-15(17)16-6-2-4-8-18(16)19/h1-8,14,19H,9-13H2,(H,23,24). The second kappa shape index (κ2) is 7.40. The van der Waals surface area contributed by atoms with Crippen molar-refractivity contribution in [2.45, 2.75) is 18.4 Å². The predicted octanol–water partition coefficient (Wildman–Crippen LogP) is 3.11. The van der Waals surface area contributed by atoms with Gasteiger partial charge in [0, 0.05) is 12.5 Å². The Labute approximate surface area is 157 Å². The number of fused-ring (bicyclic) bond motifs is 3. The van der Waals surface area contributed by atoms with Crippen LogP contribution in [0, 0.1) is 0 Å². The van der Waals surface area contributed by atoms with E-state index in [4.69, 9.17) is 14.6 Å². The molecule has 0 saturated carbocycles. The van der Waals surface area contributed by atoms with Crippen LogP contribution in [0.1, 0.15) is 23.5 Å². The first-order chi connectivity index (χ1) is 13.1. The van der Waals surface area contributed by atoms with Gasteiger partial charge in [-0.2, -0.15) is 0 Å². The van der Waals surface area contributed by atoms with Gasteiger partial charge < -0.3 is 14.6 Å². The summed E-state index contributed by atoms with van der Waals surface area (Å²) >= 11 is 0. The highest BCUT2D eigenvalue weighted by molar-refractivity contribution is 5.79. The minimum atomic E-state index is -1.07. The minimum Gasteiger partial charge on any atom is -0.480 e. The first-order valence-corrected chi connectivity index (χ1v) is 9.07. The minimum absolute atomic E-state index is 0.0482. The summed E-state index contributed by atoms with van der Waals surface area (Å²) < 4.78 is 10.9. The number of hydrogen-bond acceptors (Lipinski definition) is 4. The molecule has 6 nitrogen and oxygen atoms in total. The first-order valence-electron chi connectivity index (χ1n) is 9.07. The van der Waals surface area contributed by atoms with E-state index in [-0.39, 0.29) is 25.2 Å². The molecule has 140 valence electrons. The van der Waals surface area contributed by atoms with Crippen molar-refractivity contribution in [3.8, 4) is 11.1 Å². The molecule has 0 bridgehead atoms. The second-order valence-electron chi connectivity index (χ2n) is 6.86. The summed E-state index contributed by atoms with van der Waals surface area (Å²) in [6.45, 7) is 0.671. The van der Waals surface area contributed by atoms with E-state index in [1.165, 1.54) is 4.90 Å². The number of hydrogen-bond donors (Lipinski definition) is 1. The van der Waals surface area contributed by atoms with Gasteiger partial charge in [0.15, 0.2) is 0 Å². The van der Waals surface area contributed by atoms with Gasteiger partial charge in [-0.3, -0.25) is 9.69 Å². The zero-order chi connectivity index (χ0) is 18.8. The van der Waals surface area contributed by atoms with Gasteiger partial charge in [-0.15, -0.1) is 0 Å². The largest absolute Gasteiger partial charge is 0.480 e. The van der Waals surface area contributed by atoms with Gasteiger partial charge in [0.1, 0.15) is 13.2 Å². The van der Waals surface area contributed by atoms with Crippen LogP contribution in [0.4, 0.5) is 4.79 Å². The van der Waals surface area contributed by atoms with Crippen LogP contribution in [0.15, 0.2) is 48.5 Å². The van der Waals surface area contributed by atoms with Crippen LogP contribution in [-0.2, 0) is 14.3 Å². The van der Waals surface area contributed by atoms with Crippen LogP contribution in [0.3, 0.4) is 0 Å². The van der Waals surface area contributed by atoms with Crippen LogP contribution < -0.4 is 0 Å². The van der Waals surface area contributed by atoms with Crippen molar-refractivity contribution in [1.82, 2.24) is 4.90 Å². The average Bonchev–Trinajstić information content (AvgIpc) is 2.95. The van der Waals surface area contributed by atoms with E-state index >= 15 is 0 Å². The molecular formula is C21H21NO5. The van der Waals surface area contributed by atoms with Gasteiger partial charge >= 0.3 is 12.1 Å². The van der Waals surface area contributed by atoms with E-state index in [1.54, 1.807) is 0 Å². The lowest BCUT2D eigenvalue weighted by Crippen LogP contribution is -2.45. The zero-order valence-corrected chi connectivity index (χ0v) is 14.8. The molecule has 27 heavy (non-hydrogen) atoms. The van der Waals surface area contributed by atoms with Gasteiger partial charge in [0.25, 0.3) is 0 Å². The van der Waals surface area contributed by atoms with Crippen LogP contribution >= 0.6 is 0 Å². The molecule has 1 fully saturated rings. The van der Waals surface area contributed by atoms with Crippen LogP contribution in [-0.4, -0.2) is 54.5 Å². The number of carboxylic acid groups (broad SMARTS) is 1. The van der Waals surface area contributed by atoms with Crippen molar-refractivity contribution in [3.63, 3.8) is 0 Å². The molecule has 1 atom stereocenters. The molecule has 1 heterocycles. The van der Waals surface area contributed by atoms with Crippen molar-refractivity contribution in [3.05, 3.63) is 59.7 Å². The highest BCUT2D eigenvalue weighted by atomic mass is 16.6. The number of nitrogens with zero attached hydrogens (tertiary/aromatic N) is 1. The fourth-order valence-corrected chi connectivity index (χ4v) is 3.73. The second-order valence-corrected chi connectivity index (χ2v) is 6.86. The van der Waals surface area contributed by atoms with Gasteiger partial charge in [-0.1, -0.05) is 48.5 Å². The fourth-order valence-electron chi connectivity index (χ4n) is 3.73. The molecule has 2 aromatic carbocycles. The molecule has 0 radical (unpaired) electrons. The third-order valence-corrected chi connectivity index (χ3v) is 5.14. The Kier molecular flexibility index (Phi) is 4.81. The number of aliphatic carboxylic acids is 1. The number of carbonyl (C=O) groups is 2. The molecule has 6 heteroatoms. The Bertz CT molecular complexity index is 816. The lowest BCUT2D eigenvalue weighted by atomic mass is 9.98. The van der Waals surface area contributed by atoms with E-state index in [9.17, 15) is 9.59 Å². The van der Waals surface area contributed by atoms with Gasteiger partial charge in [-0.05, 0) is 28.7 Å². The van der Waals surface area contributed by atoms with Gasteiger partial charge in [0.2, 0.25) is 0 Å². The Morgan fingerprint density at radius 3 is 2.19 bits per heavy atom. The maximum Gasteiger partial charge on any atom is 0.410 e. The first kappa shape index (κ1) is 17.5. The molecule has 4 rings (SSSR count). The smallest absolute Gasteiger partial charge is 0.410 e. The molecule has 1 amide bonds. The lowest BCUT2D eigenvalue weighted by molar-refractivity contribution is -0.139. The number of ether oxygens (including phenoxy) is 2. The van der Waals surface area contributed by atoms with Crippen LogP contribution in [0.5, 0.6) is 0 Å². The quantitative estimate of drug-likeness (QED) is 0.849. The summed E-state index contributed by atoms with van der Waals surface area (Å²) in [7, 11) is 0. The van der Waals surface area contributed by atoms with Crippen LogP contribution in [0.2, 0.25) is 0 Å². The maximum atomic E-state index is 12.5. The van der Waals surface area contributed by atoms with Crippen molar-refractivity contribution in [2.75, 3.05) is 26.3 Å². The molecule has 1 unspecified atom stereocenters. The Balaban J connectivity index is 1.48. The highest BCUT2D eigenvalue weighted by Crippen LogP contribution is 2.44. The summed E-state index contributed by atoms with van der Waals surface area (Å²) in [6, 6.07) is 16.2. The zero-order valence-electron chi connectivity index (χ0n) is 14.8. The molecule has 2 aromatic rings. The molecular weight excluding hydrogens is 346 g/mol. The molecule has 1 aliphatic carbocycles. The Hall–Kier alpha value is -2.86. The number of benzene rings is 2. The lowest BCUT2D eigenvalue weighted by Gasteiger charge is -2.31. The normalized spacial score (nSPS) is 17.6. The van der Waals surface area contributed by atoms with E-state index in [0.717, 1.165) is 28.7 Å². The molecule has 0 spiro atoms. The summed E-state index contributed by atoms with van der Waals surface area (Å²) in [5.74, 6) is -1.11. The van der Waals surface area contributed by atoms with Crippen molar-refractivity contribution >= 4 is 12.1 Å². The third kappa shape index (κ3) is 3.53. The van der Waals surface area contributed by atoms with Crippen molar-refractivity contribution in [2.24, 2.45) is 0 Å². The Morgan fingerprint density at radius 2 is 1.67 bits per heavy atom. The van der Waals surface area contributed by atoms with Crippen LogP contribution in [0.25, 0.3) is 11.1 Å². The highest BCUT2D eigenvalue weighted by Gasteiger charge is 2.31. The number of rotatable bonds is 6. The summed E-state index contributed by atoms with van der Waals surface area (Å²) in [4.78, 5) is 24.8. The van der Waals surface area contributed by atoms with Crippen molar-refractivity contribution in [1.29, 1.82) is 0 Å². The summed E-state index contributed by atoms with van der Waals surface area (Å²) in [5.41, 5.74) is 4.55. The molecule has 2 aliphatic rings. The predicted molar refractivity (Wildman–Crippen MR) is 98.6 cm³/mol. The Morgan fingerprint density at radius 1 is 1.07 bits per heavy atom.